The van der Waals surface area contributed by atoms with Crippen LogP contribution in [0.25, 0.3) is 0 Å². The first-order valence-corrected chi connectivity index (χ1v) is 5.95. The largest absolute Gasteiger partial charge is 0.492 e. The molecule has 0 bridgehead atoms. The second kappa shape index (κ2) is 4.13. The summed E-state index contributed by atoms with van der Waals surface area (Å²) < 4.78 is 11.1. The Morgan fingerprint density at radius 1 is 1.36 bits per heavy atom. The maximum atomic E-state index is 5.75. The number of thioether (sulfide) groups is 1. The third-order valence-corrected chi connectivity index (χ3v) is 2.95. The average molecular weight is 210 g/mol. The van der Waals surface area contributed by atoms with Gasteiger partial charge in [0.05, 0.1) is 18.1 Å². The lowest BCUT2D eigenvalue weighted by atomic mass is 10.3. The van der Waals surface area contributed by atoms with E-state index in [1.807, 2.05) is 24.5 Å². The fourth-order valence-electron chi connectivity index (χ4n) is 1.32. The Bertz CT molecular complexity index is 321. The van der Waals surface area contributed by atoms with E-state index in [9.17, 15) is 0 Å². The molecule has 3 heteroatoms. The van der Waals surface area contributed by atoms with Crippen LogP contribution in [0.15, 0.2) is 23.1 Å². The summed E-state index contributed by atoms with van der Waals surface area (Å²) in [7, 11) is 1.69. The average Bonchev–Trinajstić information content (AvgIpc) is 3.01. The van der Waals surface area contributed by atoms with Crippen LogP contribution < -0.4 is 9.47 Å². The monoisotopic (exact) mass is 210 g/mol. The van der Waals surface area contributed by atoms with Crippen molar-refractivity contribution in [1.82, 2.24) is 0 Å². The molecule has 1 aromatic carbocycles. The number of para-hydroxylation sites is 1. The predicted molar refractivity (Wildman–Crippen MR) is 58.4 cm³/mol. The van der Waals surface area contributed by atoms with Gasteiger partial charge < -0.3 is 9.47 Å². The van der Waals surface area contributed by atoms with Crippen molar-refractivity contribution >= 4 is 11.8 Å². The Balaban J connectivity index is 2.26. The highest BCUT2D eigenvalue weighted by atomic mass is 32.2. The van der Waals surface area contributed by atoms with E-state index >= 15 is 0 Å². The van der Waals surface area contributed by atoms with Gasteiger partial charge in [-0.2, -0.15) is 0 Å². The third kappa shape index (κ3) is 1.98. The molecular formula is C11H14O2S. The molecule has 0 atom stereocenters. The fraction of sp³-hybridized carbons (Fsp3) is 0.455. The first kappa shape index (κ1) is 9.71. The van der Waals surface area contributed by atoms with Crippen molar-refractivity contribution in [3.05, 3.63) is 18.2 Å². The molecule has 2 nitrogen and oxygen atoms in total. The Morgan fingerprint density at radius 3 is 2.71 bits per heavy atom. The topological polar surface area (TPSA) is 18.5 Å². The molecule has 0 amide bonds. The summed E-state index contributed by atoms with van der Waals surface area (Å²) in [5.41, 5.74) is 0. The van der Waals surface area contributed by atoms with Crippen LogP contribution in [0.1, 0.15) is 12.8 Å². The van der Waals surface area contributed by atoms with E-state index in [1.165, 1.54) is 12.8 Å². The van der Waals surface area contributed by atoms with Crippen LogP contribution >= 0.6 is 11.8 Å². The molecule has 0 aromatic heterocycles. The Labute approximate surface area is 88.6 Å². The van der Waals surface area contributed by atoms with Gasteiger partial charge in [0.2, 0.25) is 0 Å². The summed E-state index contributed by atoms with van der Waals surface area (Å²) in [4.78, 5) is 1.13. The van der Waals surface area contributed by atoms with Crippen molar-refractivity contribution in [1.29, 1.82) is 0 Å². The molecule has 76 valence electrons. The zero-order valence-corrected chi connectivity index (χ0v) is 9.26. The number of hydrogen-bond acceptors (Lipinski definition) is 3. The molecule has 1 fully saturated rings. The maximum Gasteiger partial charge on any atom is 0.174 e. The van der Waals surface area contributed by atoms with E-state index in [0.717, 1.165) is 16.4 Å². The molecule has 0 saturated heterocycles. The van der Waals surface area contributed by atoms with E-state index in [-0.39, 0.29) is 0 Å². The predicted octanol–water partition coefficient (Wildman–Crippen LogP) is 2.96. The molecular weight excluding hydrogens is 196 g/mol. The van der Waals surface area contributed by atoms with Gasteiger partial charge >= 0.3 is 0 Å². The number of ether oxygens (including phenoxy) is 2. The van der Waals surface area contributed by atoms with E-state index < -0.39 is 0 Å². The van der Waals surface area contributed by atoms with Gasteiger partial charge in [0.1, 0.15) is 0 Å². The summed E-state index contributed by atoms with van der Waals surface area (Å²) in [5, 5.41) is 0. The molecule has 2 rings (SSSR count). The normalized spacial score (nSPS) is 15.3. The second-order valence-corrected chi connectivity index (χ2v) is 4.16. The minimum Gasteiger partial charge on any atom is -0.492 e. The van der Waals surface area contributed by atoms with Gasteiger partial charge in [-0.15, -0.1) is 11.8 Å². The molecule has 1 aliphatic rings. The molecule has 0 spiro atoms. The molecule has 0 radical (unpaired) electrons. The quantitative estimate of drug-likeness (QED) is 0.712. The molecule has 0 aliphatic heterocycles. The van der Waals surface area contributed by atoms with Gasteiger partial charge in [0, 0.05) is 0 Å². The van der Waals surface area contributed by atoms with E-state index in [0.29, 0.717) is 6.10 Å². The van der Waals surface area contributed by atoms with E-state index in [4.69, 9.17) is 9.47 Å². The van der Waals surface area contributed by atoms with Gasteiger partial charge in [-0.05, 0) is 31.2 Å². The molecule has 1 saturated carbocycles. The van der Waals surface area contributed by atoms with Crippen molar-refractivity contribution in [2.75, 3.05) is 13.4 Å². The first-order valence-electron chi connectivity index (χ1n) is 4.73. The highest BCUT2D eigenvalue weighted by molar-refractivity contribution is 7.98. The smallest absolute Gasteiger partial charge is 0.174 e. The van der Waals surface area contributed by atoms with Gasteiger partial charge in [-0.3, -0.25) is 0 Å². The van der Waals surface area contributed by atoms with E-state index in [2.05, 4.69) is 0 Å². The van der Waals surface area contributed by atoms with Crippen molar-refractivity contribution in [2.45, 2.75) is 23.8 Å². The lowest BCUT2D eigenvalue weighted by Gasteiger charge is -2.12. The lowest BCUT2D eigenvalue weighted by molar-refractivity contribution is 0.279. The Morgan fingerprint density at radius 2 is 2.14 bits per heavy atom. The lowest BCUT2D eigenvalue weighted by Crippen LogP contribution is -1.99. The Hall–Kier alpha value is -0.830. The summed E-state index contributed by atoms with van der Waals surface area (Å²) in [5.74, 6) is 1.74. The number of methoxy groups -OCH3 is 1. The van der Waals surface area contributed by atoms with Gasteiger partial charge in [0.25, 0.3) is 0 Å². The summed E-state index contributed by atoms with van der Waals surface area (Å²) in [6.07, 6.45) is 4.80. The maximum absolute atomic E-state index is 5.75. The summed E-state index contributed by atoms with van der Waals surface area (Å²) in [6, 6.07) is 6.02. The van der Waals surface area contributed by atoms with Crippen LogP contribution in [0.3, 0.4) is 0 Å². The van der Waals surface area contributed by atoms with Gasteiger partial charge in [0.15, 0.2) is 11.5 Å². The Kier molecular flexibility index (Phi) is 2.87. The van der Waals surface area contributed by atoms with Crippen molar-refractivity contribution in [3.63, 3.8) is 0 Å². The number of rotatable bonds is 4. The molecule has 0 unspecified atom stereocenters. The van der Waals surface area contributed by atoms with Crippen molar-refractivity contribution in [2.24, 2.45) is 0 Å². The molecule has 1 aliphatic carbocycles. The highest BCUT2D eigenvalue weighted by Crippen LogP contribution is 2.39. The zero-order valence-electron chi connectivity index (χ0n) is 8.45. The molecule has 0 heterocycles. The van der Waals surface area contributed by atoms with Crippen LogP contribution in [-0.4, -0.2) is 19.5 Å². The van der Waals surface area contributed by atoms with Crippen molar-refractivity contribution in [3.8, 4) is 11.5 Å². The highest BCUT2D eigenvalue weighted by Gasteiger charge is 2.25. The second-order valence-electron chi connectivity index (χ2n) is 3.31. The van der Waals surface area contributed by atoms with Crippen LogP contribution in [-0.2, 0) is 0 Å². The van der Waals surface area contributed by atoms with Crippen LogP contribution in [0, 0.1) is 0 Å². The first-order chi connectivity index (χ1) is 6.85. The fourth-order valence-corrected chi connectivity index (χ4v) is 1.90. The summed E-state index contributed by atoms with van der Waals surface area (Å²) >= 11 is 1.68. The minimum absolute atomic E-state index is 0.418. The third-order valence-electron chi connectivity index (χ3n) is 2.18. The zero-order chi connectivity index (χ0) is 9.97. The van der Waals surface area contributed by atoms with Crippen LogP contribution in [0.4, 0.5) is 0 Å². The number of hydrogen-bond donors (Lipinski definition) is 0. The van der Waals surface area contributed by atoms with Crippen LogP contribution in [0.5, 0.6) is 11.5 Å². The molecule has 14 heavy (non-hydrogen) atoms. The molecule has 1 aromatic rings. The van der Waals surface area contributed by atoms with Crippen molar-refractivity contribution < 1.29 is 9.47 Å². The molecule has 0 N–H and O–H groups in total. The minimum atomic E-state index is 0.418. The van der Waals surface area contributed by atoms with Gasteiger partial charge in [-0.25, -0.2) is 0 Å². The SMILES string of the molecule is COc1c(OC2CC2)cccc1SC. The van der Waals surface area contributed by atoms with E-state index in [1.54, 1.807) is 18.9 Å². The standard InChI is InChI=1S/C11H14O2S/c1-12-11-9(13-8-6-7-8)4-3-5-10(11)14-2/h3-5,8H,6-7H2,1-2H3. The number of benzene rings is 1. The van der Waals surface area contributed by atoms with Crippen LogP contribution in [0.2, 0.25) is 0 Å². The van der Waals surface area contributed by atoms with Gasteiger partial charge in [-0.1, -0.05) is 6.07 Å². The summed E-state index contributed by atoms with van der Waals surface area (Å²) in [6.45, 7) is 0.